The molecule has 0 aliphatic rings. The summed E-state index contributed by atoms with van der Waals surface area (Å²) in [5.74, 6) is -0.236. The summed E-state index contributed by atoms with van der Waals surface area (Å²) in [5.41, 5.74) is 0.768. The molecule has 2 rings (SSSR count). The van der Waals surface area contributed by atoms with Crippen LogP contribution >= 0.6 is 23.2 Å². The van der Waals surface area contributed by atoms with Crippen molar-refractivity contribution in [3.63, 3.8) is 0 Å². The van der Waals surface area contributed by atoms with Crippen LogP contribution in [0.2, 0.25) is 10.0 Å². The Morgan fingerprint density at radius 2 is 1.68 bits per heavy atom. The highest BCUT2D eigenvalue weighted by molar-refractivity contribution is 7.92. The molecule has 37 heavy (non-hydrogen) atoms. The third kappa shape index (κ3) is 8.15. The van der Waals surface area contributed by atoms with E-state index in [-0.39, 0.29) is 24.2 Å². The zero-order chi connectivity index (χ0) is 27.9. The van der Waals surface area contributed by atoms with Gasteiger partial charge in [-0.3, -0.25) is 13.9 Å². The number of halogens is 2. The normalized spacial score (nSPS) is 12.1. The Labute approximate surface area is 228 Å². The lowest BCUT2D eigenvalue weighted by atomic mass is 10.1. The molecule has 2 aromatic carbocycles. The number of methoxy groups -OCH3 is 2. The number of carbonyl (C=O) groups excluding carboxylic acids is 2. The summed E-state index contributed by atoms with van der Waals surface area (Å²) >= 11 is 12.4. The summed E-state index contributed by atoms with van der Waals surface area (Å²) in [6.45, 7) is 4.83. The predicted octanol–water partition coefficient (Wildman–Crippen LogP) is 4.11. The van der Waals surface area contributed by atoms with Gasteiger partial charge in [-0.1, -0.05) is 36.2 Å². The summed E-state index contributed by atoms with van der Waals surface area (Å²) in [5, 5.41) is 3.58. The van der Waals surface area contributed by atoms with Crippen LogP contribution in [0.5, 0.6) is 11.5 Å². The van der Waals surface area contributed by atoms with Crippen molar-refractivity contribution in [2.24, 2.45) is 0 Å². The van der Waals surface area contributed by atoms with Crippen molar-refractivity contribution in [1.29, 1.82) is 0 Å². The van der Waals surface area contributed by atoms with E-state index in [9.17, 15) is 18.0 Å². The predicted molar refractivity (Wildman–Crippen MR) is 146 cm³/mol. The molecule has 0 saturated heterocycles. The van der Waals surface area contributed by atoms with Gasteiger partial charge in [0.1, 0.15) is 12.6 Å². The minimum absolute atomic E-state index is 0.0254. The molecule has 0 radical (unpaired) electrons. The van der Waals surface area contributed by atoms with Crippen LogP contribution in [0.3, 0.4) is 0 Å². The maximum absolute atomic E-state index is 13.7. The van der Waals surface area contributed by atoms with Crippen molar-refractivity contribution in [1.82, 2.24) is 10.2 Å². The Morgan fingerprint density at radius 3 is 2.19 bits per heavy atom. The minimum Gasteiger partial charge on any atom is -0.493 e. The van der Waals surface area contributed by atoms with Gasteiger partial charge < -0.3 is 19.7 Å². The lowest BCUT2D eigenvalue weighted by Crippen LogP contribution is -2.53. The first-order valence-corrected chi connectivity index (χ1v) is 14.2. The number of nitrogens with one attached hydrogen (secondary N) is 1. The summed E-state index contributed by atoms with van der Waals surface area (Å²) in [6, 6.07) is 8.35. The summed E-state index contributed by atoms with van der Waals surface area (Å²) in [4.78, 5) is 28.1. The topological polar surface area (TPSA) is 105 Å². The van der Waals surface area contributed by atoms with Crippen molar-refractivity contribution in [3.05, 3.63) is 52.0 Å². The van der Waals surface area contributed by atoms with Gasteiger partial charge in [0.05, 0.1) is 26.2 Å². The molecule has 0 aromatic heterocycles. The van der Waals surface area contributed by atoms with E-state index in [0.717, 1.165) is 10.6 Å². The number of sulfonamides is 1. The van der Waals surface area contributed by atoms with Gasteiger partial charge in [-0.15, -0.1) is 0 Å². The second kappa shape index (κ2) is 13.2. The molecule has 9 nitrogen and oxygen atoms in total. The fourth-order valence-electron chi connectivity index (χ4n) is 3.73. The van der Waals surface area contributed by atoms with Gasteiger partial charge in [0.15, 0.2) is 11.5 Å². The highest BCUT2D eigenvalue weighted by Gasteiger charge is 2.32. The molecule has 0 saturated carbocycles. The van der Waals surface area contributed by atoms with E-state index in [1.54, 1.807) is 31.2 Å². The summed E-state index contributed by atoms with van der Waals surface area (Å²) in [6.07, 6.45) is 1.30. The van der Waals surface area contributed by atoms with E-state index >= 15 is 0 Å². The number of anilines is 1. The van der Waals surface area contributed by atoms with Crippen LogP contribution in [-0.4, -0.2) is 64.2 Å². The SMILES string of the molecule is CC[C@H](C(=O)NC(C)C)N(Cc1ccc(Cl)cc1Cl)C(=O)CN(c1ccc(OC)c(OC)c1)S(C)(=O)=O. The van der Waals surface area contributed by atoms with Gasteiger partial charge in [0, 0.05) is 28.7 Å². The first-order chi connectivity index (χ1) is 17.3. The van der Waals surface area contributed by atoms with Crippen LogP contribution in [0.4, 0.5) is 5.69 Å². The van der Waals surface area contributed by atoms with Gasteiger partial charge in [0.2, 0.25) is 21.8 Å². The number of ether oxygens (including phenoxy) is 2. The van der Waals surface area contributed by atoms with E-state index in [4.69, 9.17) is 32.7 Å². The first-order valence-electron chi connectivity index (χ1n) is 11.6. The molecule has 204 valence electrons. The van der Waals surface area contributed by atoms with Crippen molar-refractivity contribution in [2.45, 2.75) is 45.8 Å². The highest BCUT2D eigenvalue weighted by Crippen LogP contribution is 2.32. The monoisotopic (exact) mass is 573 g/mol. The Bertz CT molecular complexity index is 1220. The van der Waals surface area contributed by atoms with E-state index in [2.05, 4.69) is 5.32 Å². The van der Waals surface area contributed by atoms with Crippen LogP contribution in [0.25, 0.3) is 0 Å². The number of hydrogen-bond acceptors (Lipinski definition) is 6. The molecule has 0 aliphatic heterocycles. The Balaban J connectivity index is 2.52. The standard InChI is InChI=1S/C25H33Cl2N3O6S/c1-7-21(25(32)28-16(2)3)29(14-17-8-9-18(26)12-20(17)27)24(31)15-30(37(6,33)34)19-10-11-22(35-4)23(13-19)36-5/h8-13,16,21H,7,14-15H2,1-6H3,(H,28,32)/t21-/m1/s1. The molecule has 2 amide bonds. The molecule has 0 bridgehead atoms. The van der Waals surface area contributed by atoms with E-state index in [1.807, 2.05) is 13.8 Å². The molecule has 0 heterocycles. The van der Waals surface area contributed by atoms with Crippen molar-refractivity contribution < 1.29 is 27.5 Å². The fourth-order valence-corrected chi connectivity index (χ4v) is 5.04. The van der Waals surface area contributed by atoms with Gasteiger partial charge in [-0.25, -0.2) is 8.42 Å². The van der Waals surface area contributed by atoms with Crippen LogP contribution in [0.1, 0.15) is 32.8 Å². The minimum atomic E-state index is -3.90. The molecule has 0 spiro atoms. The lowest BCUT2D eigenvalue weighted by molar-refractivity contribution is -0.140. The lowest BCUT2D eigenvalue weighted by Gasteiger charge is -2.33. The molecule has 2 aromatic rings. The number of hydrogen-bond donors (Lipinski definition) is 1. The number of nitrogens with zero attached hydrogens (tertiary/aromatic N) is 2. The zero-order valence-corrected chi connectivity index (χ0v) is 24.1. The Hall–Kier alpha value is -2.69. The third-order valence-corrected chi connectivity index (χ3v) is 7.23. The van der Waals surface area contributed by atoms with Crippen molar-refractivity contribution >= 4 is 50.7 Å². The largest absolute Gasteiger partial charge is 0.493 e. The Morgan fingerprint density at radius 1 is 1.03 bits per heavy atom. The molecule has 12 heteroatoms. The summed E-state index contributed by atoms with van der Waals surface area (Å²) < 4.78 is 37.0. The molecule has 0 aliphatic carbocycles. The third-order valence-electron chi connectivity index (χ3n) is 5.51. The van der Waals surface area contributed by atoms with Crippen LogP contribution in [0, 0.1) is 0 Å². The molecule has 0 unspecified atom stereocenters. The van der Waals surface area contributed by atoms with E-state index < -0.39 is 28.5 Å². The number of benzene rings is 2. The second-order valence-electron chi connectivity index (χ2n) is 8.65. The maximum Gasteiger partial charge on any atom is 0.244 e. The first kappa shape index (κ1) is 30.5. The smallest absolute Gasteiger partial charge is 0.244 e. The van der Waals surface area contributed by atoms with Crippen molar-refractivity contribution in [2.75, 3.05) is 31.3 Å². The quantitative estimate of drug-likeness (QED) is 0.409. The van der Waals surface area contributed by atoms with Crippen LogP contribution < -0.4 is 19.1 Å². The zero-order valence-electron chi connectivity index (χ0n) is 21.7. The second-order valence-corrected chi connectivity index (χ2v) is 11.4. The average molecular weight is 575 g/mol. The van der Waals surface area contributed by atoms with Gasteiger partial charge in [-0.2, -0.15) is 0 Å². The van der Waals surface area contributed by atoms with Crippen LogP contribution in [0.15, 0.2) is 36.4 Å². The molecule has 0 fully saturated rings. The van der Waals surface area contributed by atoms with Gasteiger partial charge in [-0.05, 0) is 50.1 Å². The molecule has 1 N–H and O–H groups in total. The molecular weight excluding hydrogens is 541 g/mol. The number of rotatable bonds is 12. The fraction of sp³-hybridized carbons (Fsp3) is 0.440. The number of carbonyl (C=O) groups is 2. The van der Waals surface area contributed by atoms with E-state index in [1.165, 1.54) is 31.3 Å². The van der Waals surface area contributed by atoms with Crippen molar-refractivity contribution in [3.8, 4) is 11.5 Å². The summed E-state index contributed by atoms with van der Waals surface area (Å²) in [7, 11) is -1.02. The maximum atomic E-state index is 13.7. The number of amides is 2. The Kier molecular flexibility index (Phi) is 10.9. The molecule has 1 atom stereocenters. The van der Waals surface area contributed by atoms with Crippen LogP contribution in [-0.2, 0) is 26.2 Å². The average Bonchev–Trinajstić information content (AvgIpc) is 2.81. The van der Waals surface area contributed by atoms with E-state index in [0.29, 0.717) is 33.5 Å². The molecular formula is C25H33Cl2N3O6S. The van der Waals surface area contributed by atoms with Gasteiger partial charge in [0.25, 0.3) is 0 Å². The van der Waals surface area contributed by atoms with Gasteiger partial charge >= 0.3 is 0 Å². The highest BCUT2D eigenvalue weighted by atomic mass is 35.5.